The van der Waals surface area contributed by atoms with Gasteiger partial charge in [0.15, 0.2) is 0 Å². The molecule has 0 amide bonds. The second-order valence-electron chi connectivity index (χ2n) is 7.50. The van der Waals surface area contributed by atoms with Crippen molar-refractivity contribution in [3.8, 4) is 5.69 Å². The van der Waals surface area contributed by atoms with Crippen molar-refractivity contribution in [1.29, 1.82) is 0 Å². The number of halogens is 1. The van der Waals surface area contributed by atoms with Gasteiger partial charge in [-0.05, 0) is 37.6 Å². The van der Waals surface area contributed by atoms with E-state index in [0.29, 0.717) is 0 Å². The third-order valence-electron chi connectivity index (χ3n) is 6.09. The molecule has 1 spiro atoms. The number of aliphatic imine (C=N–C) groups is 1. The third kappa shape index (κ3) is 2.06. The summed E-state index contributed by atoms with van der Waals surface area (Å²) in [6.07, 6.45) is 6.53. The Morgan fingerprint density at radius 2 is 2.16 bits per heavy atom. The summed E-state index contributed by atoms with van der Waals surface area (Å²) in [7, 11) is 4.02. The van der Waals surface area contributed by atoms with E-state index in [9.17, 15) is 0 Å². The highest BCUT2D eigenvalue weighted by atomic mass is 35.5. The molecule has 130 valence electrons. The van der Waals surface area contributed by atoms with Gasteiger partial charge in [-0.3, -0.25) is 4.99 Å². The number of hydrogen-bond donors (Lipinski definition) is 1. The van der Waals surface area contributed by atoms with E-state index < -0.39 is 0 Å². The van der Waals surface area contributed by atoms with Crippen molar-refractivity contribution in [2.75, 3.05) is 26.0 Å². The van der Waals surface area contributed by atoms with Gasteiger partial charge in [-0.25, -0.2) is 4.68 Å². The summed E-state index contributed by atoms with van der Waals surface area (Å²) >= 11 is 6.73. The number of aromatic nitrogens is 2. The van der Waals surface area contributed by atoms with Crippen LogP contribution in [0.5, 0.6) is 0 Å². The molecule has 3 heterocycles. The van der Waals surface area contributed by atoms with Crippen molar-refractivity contribution in [1.82, 2.24) is 14.7 Å². The van der Waals surface area contributed by atoms with Crippen LogP contribution < -0.4 is 5.32 Å². The molecule has 0 unspecified atom stereocenters. The number of rotatable bonds is 1. The van der Waals surface area contributed by atoms with E-state index >= 15 is 0 Å². The fourth-order valence-corrected chi connectivity index (χ4v) is 4.83. The van der Waals surface area contributed by atoms with Crippen molar-refractivity contribution in [2.24, 2.45) is 4.99 Å². The lowest BCUT2D eigenvalue weighted by atomic mass is 9.65. The summed E-state index contributed by atoms with van der Waals surface area (Å²) in [5, 5.41) is 8.95. The van der Waals surface area contributed by atoms with E-state index in [1.165, 1.54) is 23.2 Å². The summed E-state index contributed by atoms with van der Waals surface area (Å²) in [6.45, 7) is 2.00. The van der Waals surface area contributed by atoms with Crippen LogP contribution in [-0.2, 0) is 18.4 Å². The average molecular weight is 356 g/mol. The Hall–Kier alpha value is -1.85. The van der Waals surface area contributed by atoms with Crippen molar-refractivity contribution in [2.45, 2.75) is 37.6 Å². The molecule has 0 radical (unpaired) electrons. The van der Waals surface area contributed by atoms with Gasteiger partial charge in [-0.1, -0.05) is 18.0 Å². The zero-order chi connectivity index (χ0) is 17.2. The standard InChI is InChI=1S/C19H22ClN5/c1-21-18-19(5-3-6-19)13-8-14(20)17(9-15(13)23-18)25-16-4-7-24(2)11-12(16)10-22-25/h8-10H,3-7,11H2,1-2H3,(H,21,23). The molecule has 6 heteroatoms. The van der Waals surface area contributed by atoms with Crippen molar-refractivity contribution < 1.29 is 0 Å². The van der Waals surface area contributed by atoms with E-state index in [4.69, 9.17) is 11.6 Å². The maximum atomic E-state index is 6.73. The molecule has 1 fully saturated rings. The Bertz CT molecular complexity index is 893. The number of amidine groups is 1. The van der Waals surface area contributed by atoms with Gasteiger partial charge in [0, 0.05) is 37.8 Å². The van der Waals surface area contributed by atoms with E-state index in [0.717, 1.165) is 54.6 Å². The molecule has 0 bridgehead atoms. The topological polar surface area (TPSA) is 45.5 Å². The van der Waals surface area contributed by atoms with Gasteiger partial charge >= 0.3 is 0 Å². The van der Waals surface area contributed by atoms with E-state index in [-0.39, 0.29) is 5.41 Å². The minimum Gasteiger partial charge on any atom is -0.343 e. The van der Waals surface area contributed by atoms with Crippen LogP contribution in [0, 0.1) is 0 Å². The van der Waals surface area contributed by atoms with E-state index in [1.807, 2.05) is 17.9 Å². The van der Waals surface area contributed by atoms with Gasteiger partial charge in [0.25, 0.3) is 0 Å². The lowest BCUT2D eigenvalue weighted by molar-refractivity contribution is 0.310. The molecule has 0 saturated heterocycles. The van der Waals surface area contributed by atoms with Crippen LogP contribution in [0.25, 0.3) is 5.69 Å². The summed E-state index contributed by atoms with van der Waals surface area (Å²) in [5.41, 5.74) is 6.04. The quantitative estimate of drug-likeness (QED) is 0.852. The fourth-order valence-electron chi connectivity index (χ4n) is 4.59. The van der Waals surface area contributed by atoms with Crippen LogP contribution in [0.15, 0.2) is 23.3 Å². The largest absolute Gasteiger partial charge is 0.343 e. The minimum absolute atomic E-state index is 0.0680. The number of benzene rings is 1. The summed E-state index contributed by atoms with van der Waals surface area (Å²) < 4.78 is 2.03. The van der Waals surface area contributed by atoms with E-state index in [1.54, 1.807) is 0 Å². The zero-order valence-electron chi connectivity index (χ0n) is 14.6. The maximum Gasteiger partial charge on any atom is 0.111 e. The van der Waals surface area contributed by atoms with Crippen LogP contribution in [0.3, 0.4) is 0 Å². The molecule has 0 atom stereocenters. The maximum absolute atomic E-state index is 6.73. The molecule has 2 aromatic rings. The van der Waals surface area contributed by atoms with Crippen LogP contribution in [0.1, 0.15) is 36.1 Å². The third-order valence-corrected chi connectivity index (χ3v) is 6.40. The molecular weight excluding hydrogens is 334 g/mol. The average Bonchev–Trinajstić information content (AvgIpc) is 3.11. The minimum atomic E-state index is 0.0680. The summed E-state index contributed by atoms with van der Waals surface area (Å²) in [6, 6.07) is 4.29. The summed E-state index contributed by atoms with van der Waals surface area (Å²) in [4.78, 5) is 6.84. The van der Waals surface area contributed by atoms with Crippen LogP contribution in [0.4, 0.5) is 5.69 Å². The van der Waals surface area contributed by atoms with Crippen molar-refractivity contribution in [3.63, 3.8) is 0 Å². The molecule has 5 nitrogen and oxygen atoms in total. The second-order valence-corrected chi connectivity index (χ2v) is 7.91. The van der Waals surface area contributed by atoms with Crippen LogP contribution >= 0.6 is 11.6 Å². The van der Waals surface area contributed by atoms with Gasteiger partial charge < -0.3 is 10.2 Å². The number of likely N-dealkylation sites (N-methyl/N-ethyl adjacent to an activating group) is 1. The molecule has 3 aliphatic rings. The first-order valence-electron chi connectivity index (χ1n) is 8.95. The molecule has 25 heavy (non-hydrogen) atoms. The number of nitrogens with one attached hydrogen (secondary N) is 1. The lowest BCUT2D eigenvalue weighted by Gasteiger charge is -2.38. The Kier molecular flexibility index (Phi) is 3.28. The monoisotopic (exact) mass is 355 g/mol. The van der Waals surface area contributed by atoms with Crippen LogP contribution in [0.2, 0.25) is 5.02 Å². The van der Waals surface area contributed by atoms with Crippen molar-refractivity contribution >= 4 is 23.1 Å². The number of nitrogens with zero attached hydrogens (tertiary/aromatic N) is 4. The molecular formula is C19H22ClN5. The van der Waals surface area contributed by atoms with Gasteiger partial charge in [0.2, 0.25) is 0 Å². The molecule has 1 aliphatic carbocycles. The Labute approximate surface area is 152 Å². The number of hydrogen-bond acceptors (Lipinski definition) is 3. The van der Waals surface area contributed by atoms with Crippen molar-refractivity contribution in [3.05, 3.63) is 40.2 Å². The lowest BCUT2D eigenvalue weighted by Crippen LogP contribution is -2.41. The van der Waals surface area contributed by atoms with Gasteiger partial charge in [0.05, 0.1) is 28.0 Å². The second kappa shape index (κ2) is 5.32. The number of fused-ring (bicyclic) bond motifs is 3. The summed E-state index contributed by atoms with van der Waals surface area (Å²) in [5.74, 6) is 1.09. The number of anilines is 1. The predicted molar refractivity (Wildman–Crippen MR) is 101 cm³/mol. The molecule has 1 aromatic heterocycles. The van der Waals surface area contributed by atoms with Gasteiger partial charge in [0.1, 0.15) is 5.84 Å². The van der Waals surface area contributed by atoms with E-state index in [2.05, 4.69) is 39.5 Å². The van der Waals surface area contributed by atoms with Gasteiger partial charge in [-0.15, -0.1) is 0 Å². The highest BCUT2D eigenvalue weighted by molar-refractivity contribution is 6.33. The Morgan fingerprint density at radius 3 is 2.88 bits per heavy atom. The highest BCUT2D eigenvalue weighted by Crippen LogP contribution is 2.52. The fraction of sp³-hybridized carbons (Fsp3) is 0.474. The highest BCUT2D eigenvalue weighted by Gasteiger charge is 2.49. The molecule has 5 rings (SSSR count). The molecule has 1 aromatic carbocycles. The first-order valence-corrected chi connectivity index (χ1v) is 9.33. The molecule has 1 N–H and O–H groups in total. The van der Waals surface area contributed by atoms with Gasteiger partial charge in [-0.2, -0.15) is 5.10 Å². The Morgan fingerprint density at radius 1 is 1.32 bits per heavy atom. The SMILES string of the molecule is CN=C1Nc2cc(-n3ncc4c3CCN(C)C4)c(Cl)cc2C12CCC2. The van der Waals surface area contributed by atoms with Crippen LogP contribution in [-0.4, -0.2) is 41.2 Å². The first-order chi connectivity index (χ1) is 12.1. The Balaban J connectivity index is 1.62. The normalized spacial score (nSPS) is 22.6. The predicted octanol–water partition coefficient (Wildman–Crippen LogP) is 3.39. The molecule has 1 saturated carbocycles. The smallest absolute Gasteiger partial charge is 0.111 e. The molecule has 2 aliphatic heterocycles. The zero-order valence-corrected chi connectivity index (χ0v) is 15.4. The first kappa shape index (κ1) is 15.4.